The van der Waals surface area contributed by atoms with Crippen molar-refractivity contribution in [1.29, 1.82) is 0 Å². The Bertz CT molecular complexity index is 456. The second-order valence-corrected chi connectivity index (χ2v) is 4.70. The molecule has 1 aromatic rings. The molecule has 4 nitrogen and oxygen atoms in total. The molecule has 2 amide bonds. The van der Waals surface area contributed by atoms with Gasteiger partial charge in [-0.15, -0.1) is 12.4 Å². The number of piperazine rings is 1. The Morgan fingerprint density at radius 3 is 2.89 bits per heavy atom. The van der Waals surface area contributed by atoms with Crippen LogP contribution in [0.1, 0.15) is 12.5 Å². The van der Waals surface area contributed by atoms with E-state index in [9.17, 15) is 9.18 Å². The lowest BCUT2D eigenvalue weighted by molar-refractivity contribution is 0.192. The summed E-state index contributed by atoms with van der Waals surface area (Å²) in [6.07, 6.45) is 0. The first-order chi connectivity index (χ1) is 8.56. The first kappa shape index (κ1) is 15.7. The number of amides is 2. The Morgan fingerprint density at radius 1 is 1.53 bits per heavy atom. The van der Waals surface area contributed by atoms with Gasteiger partial charge in [-0.1, -0.05) is 6.07 Å². The van der Waals surface area contributed by atoms with E-state index in [0.717, 1.165) is 6.54 Å². The van der Waals surface area contributed by atoms with Crippen LogP contribution in [0.2, 0.25) is 0 Å². The zero-order valence-electron chi connectivity index (χ0n) is 11.1. The van der Waals surface area contributed by atoms with E-state index in [1.54, 1.807) is 24.0 Å². The minimum Gasteiger partial charge on any atom is -0.322 e. The van der Waals surface area contributed by atoms with Gasteiger partial charge in [0.05, 0.1) is 0 Å². The maximum Gasteiger partial charge on any atom is 0.321 e. The molecular formula is C13H19ClFN3O. The molecule has 0 spiro atoms. The van der Waals surface area contributed by atoms with E-state index in [1.165, 1.54) is 6.07 Å². The van der Waals surface area contributed by atoms with Gasteiger partial charge in [0.2, 0.25) is 0 Å². The Hall–Kier alpha value is -1.33. The van der Waals surface area contributed by atoms with Crippen LogP contribution in [-0.4, -0.2) is 36.6 Å². The molecule has 1 atom stereocenters. The number of rotatable bonds is 1. The molecule has 0 radical (unpaired) electrons. The second kappa shape index (κ2) is 6.73. The Balaban J connectivity index is 0.00000180. The lowest BCUT2D eigenvalue weighted by Crippen LogP contribution is -2.52. The molecule has 1 fully saturated rings. The van der Waals surface area contributed by atoms with Crippen LogP contribution >= 0.6 is 12.4 Å². The van der Waals surface area contributed by atoms with Crippen molar-refractivity contribution >= 4 is 24.1 Å². The molecule has 19 heavy (non-hydrogen) atoms. The monoisotopic (exact) mass is 287 g/mol. The van der Waals surface area contributed by atoms with Gasteiger partial charge in [-0.05, 0) is 31.5 Å². The number of aryl methyl sites for hydroxylation is 1. The van der Waals surface area contributed by atoms with Crippen LogP contribution in [0, 0.1) is 12.7 Å². The van der Waals surface area contributed by atoms with Crippen LogP contribution in [-0.2, 0) is 0 Å². The summed E-state index contributed by atoms with van der Waals surface area (Å²) < 4.78 is 13.4. The maximum absolute atomic E-state index is 13.4. The van der Waals surface area contributed by atoms with Crippen molar-refractivity contribution in [2.75, 3.05) is 25.0 Å². The number of carbonyl (C=O) groups is 1. The van der Waals surface area contributed by atoms with Crippen molar-refractivity contribution < 1.29 is 9.18 Å². The maximum atomic E-state index is 13.4. The molecule has 1 aromatic carbocycles. The normalized spacial score (nSPS) is 18.7. The second-order valence-electron chi connectivity index (χ2n) is 4.70. The van der Waals surface area contributed by atoms with Crippen LogP contribution in [0.15, 0.2) is 18.2 Å². The van der Waals surface area contributed by atoms with Crippen molar-refractivity contribution in [1.82, 2.24) is 10.2 Å². The average molecular weight is 288 g/mol. The standard InChI is InChI=1S/C13H18FN3O.ClH/c1-9-3-4-11(7-12(9)14)16-13(18)17-6-5-15-10(2)8-17;/h3-4,7,10,15H,5-6,8H2,1-2H3,(H,16,18);1H/t10-;/m0./s1. The average Bonchev–Trinajstić information content (AvgIpc) is 2.34. The van der Waals surface area contributed by atoms with Gasteiger partial charge in [0.1, 0.15) is 5.82 Å². The number of anilines is 1. The highest BCUT2D eigenvalue weighted by molar-refractivity contribution is 5.89. The minimum atomic E-state index is -0.304. The lowest BCUT2D eigenvalue weighted by atomic mass is 10.2. The summed E-state index contributed by atoms with van der Waals surface area (Å²) >= 11 is 0. The van der Waals surface area contributed by atoms with Crippen LogP contribution in [0.5, 0.6) is 0 Å². The SMILES string of the molecule is Cc1ccc(NC(=O)N2CCN[C@@H](C)C2)cc1F.Cl. The van der Waals surface area contributed by atoms with Crippen molar-refractivity contribution in [3.63, 3.8) is 0 Å². The number of nitrogens with zero attached hydrogens (tertiary/aromatic N) is 1. The fourth-order valence-electron chi connectivity index (χ4n) is 1.99. The molecule has 106 valence electrons. The summed E-state index contributed by atoms with van der Waals surface area (Å²) in [7, 11) is 0. The molecule has 0 bridgehead atoms. The predicted octanol–water partition coefficient (Wildman–Crippen LogP) is 2.38. The highest BCUT2D eigenvalue weighted by atomic mass is 35.5. The van der Waals surface area contributed by atoms with Gasteiger partial charge >= 0.3 is 6.03 Å². The summed E-state index contributed by atoms with van der Waals surface area (Å²) in [5, 5.41) is 5.99. The van der Waals surface area contributed by atoms with Crippen LogP contribution < -0.4 is 10.6 Å². The zero-order valence-corrected chi connectivity index (χ0v) is 11.9. The third-order valence-electron chi connectivity index (χ3n) is 3.08. The van der Waals surface area contributed by atoms with Gasteiger partial charge in [0, 0.05) is 31.4 Å². The van der Waals surface area contributed by atoms with Crippen molar-refractivity contribution in [2.45, 2.75) is 19.9 Å². The third kappa shape index (κ3) is 4.08. The first-order valence-corrected chi connectivity index (χ1v) is 6.12. The number of urea groups is 1. The van der Waals surface area contributed by atoms with E-state index in [-0.39, 0.29) is 24.3 Å². The molecule has 0 aliphatic carbocycles. The number of hydrogen-bond donors (Lipinski definition) is 2. The summed E-state index contributed by atoms with van der Waals surface area (Å²) in [4.78, 5) is 13.7. The summed E-state index contributed by atoms with van der Waals surface area (Å²) in [5.41, 5.74) is 1.07. The molecule has 1 aliphatic heterocycles. The molecule has 2 N–H and O–H groups in total. The number of carbonyl (C=O) groups excluding carboxylic acids is 1. The van der Waals surface area contributed by atoms with Crippen molar-refractivity contribution in [2.24, 2.45) is 0 Å². The van der Waals surface area contributed by atoms with Crippen molar-refractivity contribution in [3.05, 3.63) is 29.6 Å². The fourth-order valence-corrected chi connectivity index (χ4v) is 1.99. The molecule has 1 aliphatic rings. The topological polar surface area (TPSA) is 44.4 Å². The smallest absolute Gasteiger partial charge is 0.321 e. The van der Waals surface area contributed by atoms with Crippen LogP contribution in [0.3, 0.4) is 0 Å². The Kier molecular flexibility index (Phi) is 5.57. The first-order valence-electron chi connectivity index (χ1n) is 6.12. The van der Waals surface area contributed by atoms with E-state index in [0.29, 0.717) is 30.4 Å². The van der Waals surface area contributed by atoms with E-state index in [4.69, 9.17) is 0 Å². The summed E-state index contributed by atoms with van der Waals surface area (Å²) in [6.45, 7) is 5.85. The molecule has 0 unspecified atom stereocenters. The molecule has 6 heteroatoms. The van der Waals surface area contributed by atoms with E-state index >= 15 is 0 Å². The highest BCUT2D eigenvalue weighted by Crippen LogP contribution is 2.14. The van der Waals surface area contributed by atoms with E-state index in [2.05, 4.69) is 10.6 Å². The van der Waals surface area contributed by atoms with Gasteiger partial charge < -0.3 is 15.5 Å². The molecule has 1 heterocycles. The summed E-state index contributed by atoms with van der Waals surface area (Å²) in [5.74, 6) is -0.304. The lowest BCUT2D eigenvalue weighted by Gasteiger charge is -2.31. The quantitative estimate of drug-likeness (QED) is 0.833. The predicted molar refractivity (Wildman–Crippen MR) is 76.4 cm³/mol. The molecular weight excluding hydrogens is 269 g/mol. The van der Waals surface area contributed by atoms with Crippen LogP contribution in [0.4, 0.5) is 14.9 Å². The van der Waals surface area contributed by atoms with Gasteiger partial charge in [0.25, 0.3) is 0 Å². The number of halogens is 2. The Labute approximate surface area is 118 Å². The van der Waals surface area contributed by atoms with Crippen molar-refractivity contribution in [3.8, 4) is 0 Å². The number of hydrogen-bond acceptors (Lipinski definition) is 2. The molecule has 0 aromatic heterocycles. The third-order valence-corrected chi connectivity index (χ3v) is 3.08. The molecule has 1 saturated heterocycles. The number of nitrogens with one attached hydrogen (secondary N) is 2. The summed E-state index contributed by atoms with van der Waals surface area (Å²) in [6, 6.07) is 4.83. The van der Waals surface area contributed by atoms with Gasteiger partial charge in [-0.3, -0.25) is 0 Å². The van der Waals surface area contributed by atoms with Crippen LogP contribution in [0.25, 0.3) is 0 Å². The molecule has 0 saturated carbocycles. The number of benzene rings is 1. The van der Waals surface area contributed by atoms with Gasteiger partial charge in [-0.2, -0.15) is 0 Å². The highest BCUT2D eigenvalue weighted by Gasteiger charge is 2.20. The van der Waals surface area contributed by atoms with E-state index < -0.39 is 0 Å². The van der Waals surface area contributed by atoms with Gasteiger partial charge in [-0.25, -0.2) is 9.18 Å². The minimum absolute atomic E-state index is 0. The largest absolute Gasteiger partial charge is 0.322 e. The zero-order chi connectivity index (χ0) is 13.1. The fraction of sp³-hybridized carbons (Fsp3) is 0.462. The van der Waals surface area contributed by atoms with E-state index in [1.807, 2.05) is 6.92 Å². The Morgan fingerprint density at radius 2 is 2.26 bits per heavy atom. The molecule has 2 rings (SSSR count). The van der Waals surface area contributed by atoms with Gasteiger partial charge in [0.15, 0.2) is 0 Å².